The number of nitrogens with zero attached hydrogens (tertiary/aromatic N) is 2. The van der Waals surface area contributed by atoms with Crippen LogP contribution >= 0.6 is 0 Å². The number of benzene rings is 1. The van der Waals surface area contributed by atoms with Crippen LogP contribution in [-0.2, 0) is 17.8 Å². The van der Waals surface area contributed by atoms with Gasteiger partial charge in [0.2, 0.25) is 5.91 Å². The summed E-state index contributed by atoms with van der Waals surface area (Å²) in [5, 5.41) is 2.99. The van der Waals surface area contributed by atoms with E-state index >= 15 is 0 Å². The van der Waals surface area contributed by atoms with Crippen LogP contribution in [0.3, 0.4) is 0 Å². The second-order valence-electron chi connectivity index (χ2n) is 5.75. The number of hydrogen-bond donors (Lipinski definition) is 1. The Kier molecular flexibility index (Phi) is 3.60. The molecule has 102 valence electrons. The Morgan fingerprint density at radius 3 is 2.63 bits per heavy atom. The summed E-state index contributed by atoms with van der Waals surface area (Å²) in [7, 11) is 0. The van der Waals surface area contributed by atoms with E-state index < -0.39 is 0 Å². The Balaban J connectivity index is 2.31. The maximum Gasteiger partial charge on any atom is 0.240 e. The first-order chi connectivity index (χ1) is 8.90. The van der Waals surface area contributed by atoms with Crippen molar-refractivity contribution in [2.75, 3.05) is 0 Å². The van der Waals surface area contributed by atoms with Gasteiger partial charge in [0.25, 0.3) is 0 Å². The van der Waals surface area contributed by atoms with Crippen molar-refractivity contribution < 1.29 is 4.79 Å². The first kappa shape index (κ1) is 13.6. The van der Waals surface area contributed by atoms with E-state index in [9.17, 15) is 4.79 Å². The number of aryl methyl sites for hydroxylation is 1. The molecule has 0 aliphatic heterocycles. The van der Waals surface area contributed by atoms with Crippen molar-refractivity contribution in [2.24, 2.45) is 0 Å². The van der Waals surface area contributed by atoms with Gasteiger partial charge in [-0.3, -0.25) is 4.79 Å². The fraction of sp³-hybridized carbons (Fsp3) is 0.467. The average molecular weight is 259 g/mol. The maximum absolute atomic E-state index is 12.1. The summed E-state index contributed by atoms with van der Waals surface area (Å²) in [5.74, 6) is 0.968. The lowest BCUT2D eigenvalue weighted by Crippen LogP contribution is -2.42. The summed E-state index contributed by atoms with van der Waals surface area (Å²) in [5.41, 5.74) is 1.76. The van der Waals surface area contributed by atoms with Crippen molar-refractivity contribution >= 4 is 16.9 Å². The van der Waals surface area contributed by atoms with E-state index in [1.54, 1.807) is 0 Å². The first-order valence-corrected chi connectivity index (χ1v) is 6.66. The lowest BCUT2D eigenvalue weighted by Gasteiger charge is -2.21. The van der Waals surface area contributed by atoms with Gasteiger partial charge in [-0.25, -0.2) is 4.98 Å². The molecule has 0 unspecified atom stereocenters. The molecule has 4 heteroatoms. The largest absolute Gasteiger partial charge is 0.350 e. The summed E-state index contributed by atoms with van der Waals surface area (Å²) < 4.78 is 2.00. The van der Waals surface area contributed by atoms with Gasteiger partial charge in [-0.05, 0) is 32.9 Å². The summed E-state index contributed by atoms with van der Waals surface area (Å²) in [6, 6.07) is 7.93. The topological polar surface area (TPSA) is 46.9 Å². The molecule has 0 spiro atoms. The van der Waals surface area contributed by atoms with Gasteiger partial charge >= 0.3 is 0 Å². The minimum Gasteiger partial charge on any atom is -0.350 e. The fourth-order valence-electron chi connectivity index (χ4n) is 2.17. The van der Waals surface area contributed by atoms with Crippen molar-refractivity contribution in [2.45, 2.75) is 46.2 Å². The molecule has 0 saturated carbocycles. The van der Waals surface area contributed by atoms with Crippen LogP contribution < -0.4 is 5.32 Å². The van der Waals surface area contributed by atoms with E-state index in [1.807, 2.05) is 49.6 Å². The number of amides is 1. The van der Waals surface area contributed by atoms with E-state index in [4.69, 9.17) is 0 Å². The SMILES string of the molecule is CCc1nc2ccccc2n1CC(=O)NC(C)(C)C. The molecule has 1 amide bonds. The van der Waals surface area contributed by atoms with Gasteiger partial charge in [-0.15, -0.1) is 0 Å². The summed E-state index contributed by atoms with van der Waals surface area (Å²) in [6.07, 6.45) is 0.817. The van der Waals surface area contributed by atoms with Gasteiger partial charge in [-0.1, -0.05) is 19.1 Å². The third-order valence-corrected chi connectivity index (χ3v) is 2.87. The molecule has 4 nitrogen and oxygen atoms in total. The molecule has 1 aromatic carbocycles. The Morgan fingerprint density at radius 1 is 1.32 bits per heavy atom. The van der Waals surface area contributed by atoms with Gasteiger partial charge in [0.05, 0.1) is 11.0 Å². The van der Waals surface area contributed by atoms with Gasteiger partial charge in [0.1, 0.15) is 12.4 Å². The van der Waals surface area contributed by atoms with Gasteiger partial charge < -0.3 is 9.88 Å². The van der Waals surface area contributed by atoms with E-state index in [0.29, 0.717) is 6.54 Å². The van der Waals surface area contributed by atoms with Gasteiger partial charge in [0, 0.05) is 12.0 Å². The molecule has 2 rings (SSSR count). The van der Waals surface area contributed by atoms with Crippen LogP contribution in [-0.4, -0.2) is 21.0 Å². The number of fused-ring (bicyclic) bond motifs is 1. The molecular formula is C15H21N3O. The molecule has 0 aliphatic rings. The van der Waals surface area contributed by atoms with Crippen molar-refractivity contribution in [1.29, 1.82) is 0 Å². The molecule has 2 aromatic rings. The number of hydrogen-bond acceptors (Lipinski definition) is 2. The molecule has 0 atom stereocenters. The normalized spacial score (nSPS) is 11.8. The average Bonchev–Trinajstić information content (AvgIpc) is 2.65. The van der Waals surface area contributed by atoms with Crippen molar-refractivity contribution in [3.05, 3.63) is 30.1 Å². The minimum absolute atomic E-state index is 0.0188. The zero-order valence-electron chi connectivity index (χ0n) is 12.0. The predicted octanol–water partition coefficient (Wildman–Crippen LogP) is 2.51. The lowest BCUT2D eigenvalue weighted by molar-refractivity contribution is -0.123. The quantitative estimate of drug-likeness (QED) is 0.920. The third-order valence-electron chi connectivity index (χ3n) is 2.87. The first-order valence-electron chi connectivity index (χ1n) is 6.66. The van der Waals surface area contributed by atoms with Gasteiger partial charge in [-0.2, -0.15) is 0 Å². The number of aromatic nitrogens is 2. The van der Waals surface area contributed by atoms with Crippen LogP contribution in [0.5, 0.6) is 0 Å². The van der Waals surface area contributed by atoms with Crippen molar-refractivity contribution in [3.8, 4) is 0 Å². The van der Waals surface area contributed by atoms with Crippen LogP contribution in [0.2, 0.25) is 0 Å². The highest BCUT2D eigenvalue weighted by atomic mass is 16.2. The fourth-order valence-corrected chi connectivity index (χ4v) is 2.17. The van der Waals surface area contributed by atoms with E-state index in [0.717, 1.165) is 23.3 Å². The van der Waals surface area contributed by atoms with Gasteiger partial charge in [0.15, 0.2) is 0 Å². The summed E-state index contributed by atoms with van der Waals surface area (Å²) >= 11 is 0. The molecule has 1 aromatic heterocycles. The third kappa shape index (κ3) is 3.13. The molecule has 0 bridgehead atoms. The number of nitrogens with one attached hydrogen (secondary N) is 1. The summed E-state index contributed by atoms with van der Waals surface area (Å²) in [4.78, 5) is 16.6. The molecule has 0 aliphatic carbocycles. The zero-order chi connectivity index (χ0) is 14.0. The smallest absolute Gasteiger partial charge is 0.240 e. The van der Waals surface area contributed by atoms with Crippen molar-refractivity contribution in [3.63, 3.8) is 0 Å². The van der Waals surface area contributed by atoms with Crippen LogP contribution in [0.15, 0.2) is 24.3 Å². The van der Waals surface area contributed by atoms with Crippen LogP contribution in [0.4, 0.5) is 0 Å². The van der Waals surface area contributed by atoms with Crippen LogP contribution in [0.1, 0.15) is 33.5 Å². The number of carbonyl (C=O) groups is 1. The number of para-hydroxylation sites is 2. The summed E-state index contributed by atoms with van der Waals surface area (Å²) in [6.45, 7) is 8.33. The Bertz CT molecular complexity index is 593. The highest BCUT2D eigenvalue weighted by Crippen LogP contribution is 2.16. The van der Waals surface area contributed by atoms with E-state index in [2.05, 4.69) is 17.2 Å². The predicted molar refractivity (Wildman–Crippen MR) is 77.0 cm³/mol. The second kappa shape index (κ2) is 5.03. The highest BCUT2D eigenvalue weighted by molar-refractivity contribution is 5.81. The zero-order valence-corrected chi connectivity index (χ0v) is 12.0. The van der Waals surface area contributed by atoms with Crippen molar-refractivity contribution in [1.82, 2.24) is 14.9 Å². The molecule has 1 N–H and O–H groups in total. The highest BCUT2D eigenvalue weighted by Gasteiger charge is 2.16. The van der Waals surface area contributed by atoms with Crippen LogP contribution in [0, 0.1) is 0 Å². The van der Waals surface area contributed by atoms with Crippen LogP contribution in [0.25, 0.3) is 11.0 Å². The molecular weight excluding hydrogens is 238 g/mol. The maximum atomic E-state index is 12.1. The van der Waals surface area contributed by atoms with E-state index in [-0.39, 0.29) is 11.4 Å². The lowest BCUT2D eigenvalue weighted by atomic mass is 10.1. The number of carbonyl (C=O) groups excluding carboxylic acids is 1. The number of imidazole rings is 1. The Labute approximate surface area is 113 Å². The second-order valence-corrected chi connectivity index (χ2v) is 5.75. The molecule has 1 heterocycles. The molecule has 19 heavy (non-hydrogen) atoms. The number of rotatable bonds is 3. The standard InChI is InChI=1S/C15H21N3O/c1-5-13-16-11-8-6-7-9-12(11)18(13)10-14(19)17-15(2,3)4/h6-9H,5,10H2,1-4H3,(H,17,19). The molecule has 0 radical (unpaired) electrons. The molecule has 0 fully saturated rings. The van der Waals surface area contributed by atoms with E-state index in [1.165, 1.54) is 0 Å². The Hall–Kier alpha value is -1.84. The minimum atomic E-state index is -0.208. The molecule has 0 saturated heterocycles. The Morgan fingerprint density at radius 2 is 2.00 bits per heavy atom. The monoisotopic (exact) mass is 259 g/mol.